The lowest BCUT2D eigenvalue weighted by atomic mass is 10.00. The molecule has 0 radical (unpaired) electrons. The van der Waals surface area contributed by atoms with Gasteiger partial charge in [-0.05, 0) is 111 Å². The second-order valence-corrected chi connectivity index (χ2v) is 13.9. The first-order valence-electron chi connectivity index (χ1n) is 16.9. The maximum absolute atomic E-state index is 6.43. The number of furan rings is 1. The number of halogens is 1. The van der Waals surface area contributed by atoms with Gasteiger partial charge in [0, 0.05) is 32.6 Å². The Kier molecular flexibility index (Phi) is 5.81. The van der Waals surface area contributed by atoms with Crippen LogP contribution in [-0.2, 0) is 0 Å². The molecular weight excluding hydrogens is 676 g/mol. The van der Waals surface area contributed by atoms with Gasteiger partial charge in [-0.25, -0.2) is 0 Å². The van der Waals surface area contributed by atoms with Crippen LogP contribution in [0, 0.1) is 0 Å². The molecule has 50 heavy (non-hydrogen) atoms. The van der Waals surface area contributed by atoms with Gasteiger partial charge in [0.1, 0.15) is 5.58 Å². The van der Waals surface area contributed by atoms with Crippen molar-refractivity contribution in [2.45, 2.75) is 0 Å². The van der Waals surface area contributed by atoms with E-state index in [1.54, 1.807) is 0 Å². The van der Waals surface area contributed by atoms with Crippen molar-refractivity contribution >= 4 is 92.3 Å². The van der Waals surface area contributed by atoms with Crippen LogP contribution in [0.5, 0.6) is 0 Å². The Morgan fingerprint density at radius 3 is 1.82 bits per heavy atom. The maximum Gasteiger partial charge on any atom is 0.151 e. The van der Waals surface area contributed by atoms with Gasteiger partial charge in [0.15, 0.2) is 5.58 Å². The van der Waals surface area contributed by atoms with Gasteiger partial charge in [-0.3, -0.25) is 0 Å². The molecule has 8 aromatic carbocycles. The van der Waals surface area contributed by atoms with Crippen LogP contribution in [0.25, 0.3) is 98.8 Å². The van der Waals surface area contributed by atoms with E-state index in [1.807, 2.05) is 12.1 Å². The third-order valence-corrected chi connectivity index (χ3v) is 11.0. The zero-order chi connectivity index (χ0) is 32.9. The topological polar surface area (TPSA) is 23.0 Å². The molecule has 4 heteroatoms. The monoisotopic (exact) mass is 702 g/mol. The van der Waals surface area contributed by atoms with Crippen molar-refractivity contribution in [3.8, 4) is 22.5 Å². The van der Waals surface area contributed by atoms with Crippen LogP contribution in [0.1, 0.15) is 0 Å². The molecule has 0 aliphatic rings. The highest BCUT2D eigenvalue weighted by atomic mass is 79.9. The lowest BCUT2D eigenvalue weighted by Crippen LogP contribution is -1.95. The van der Waals surface area contributed by atoms with Crippen molar-refractivity contribution in [1.29, 1.82) is 0 Å². The molecule has 0 aliphatic carbocycles. The van der Waals surface area contributed by atoms with E-state index in [4.69, 9.17) is 4.42 Å². The van der Waals surface area contributed by atoms with Gasteiger partial charge in [-0.1, -0.05) is 91.0 Å². The fraction of sp³-hybridized carbons (Fsp3) is 0. The standard InChI is InChI=1S/C46H27BrN2O/c47-38-20-23-42(45-34-15-7-9-17-44(34)50-46(38)45)49-41-22-19-31(26-36(41)37-24-28-10-4-5-11-29(28)27-43(37)49)30-18-21-40-35(25-30)33-14-6-8-16-39(33)48(40)32-12-2-1-3-13-32/h1-27H. The van der Waals surface area contributed by atoms with E-state index >= 15 is 0 Å². The highest BCUT2D eigenvalue weighted by Gasteiger charge is 2.21. The van der Waals surface area contributed by atoms with Gasteiger partial charge in [0.05, 0.1) is 37.6 Å². The molecule has 0 saturated heterocycles. The van der Waals surface area contributed by atoms with Gasteiger partial charge < -0.3 is 13.6 Å². The maximum atomic E-state index is 6.43. The summed E-state index contributed by atoms with van der Waals surface area (Å²) in [6.45, 7) is 0. The van der Waals surface area contributed by atoms with E-state index in [9.17, 15) is 0 Å². The number of hydrogen-bond donors (Lipinski definition) is 0. The summed E-state index contributed by atoms with van der Waals surface area (Å²) in [5, 5.41) is 9.61. The van der Waals surface area contributed by atoms with Crippen molar-refractivity contribution < 1.29 is 4.42 Å². The van der Waals surface area contributed by atoms with Gasteiger partial charge in [0.25, 0.3) is 0 Å². The molecule has 0 amide bonds. The Bertz CT molecular complexity index is 3160. The largest absolute Gasteiger partial charge is 0.455 e. The number of rotatable bonds is 3. The van der Waals surface area contributed by atoms with Gasteiger partial charge >= 0.3 is 0 Å². The number of nitrogens with zero attached hydrogens (tertiary/aromatic N) is 2. The minimum absolute atomic E-state index is 0.860. The lowest BCUT2D eigenvalue weighted by molar-refractivity contribution is 0.666. The molecule has 3 heterocycles. The third kappa shape index (κ3) is 3.91. The van der Waals surface area contributed by atoms with Crippen molar-refractivity contribution in [2.24, 2.45) is 0 Å². The van der Waals surface area contributed by atoms with E-state index in [0.29, 0.717) is 0 Å². The smallest absolute Gasteiger partial charge is 0.151 e. The molecule has 3 aromatic heterocycles. The molecular formula is C46H27BrN2O. The second kappa shape index (κ2) is 10.4. The summed E-state index contributed by atoms with van der Waals surface area (Å²) in [5.74, 6) is 0. The van der Waals surface area contributed by atoms with Crippen molar-refractivity contribution in [3.05, 3.63) is 168 Å². The Morgan fingerprint density at radius 2 is 1.02 bits per heavy atom. The minimum atomic E-state index is 0.860. The highest BCUT2D eigenvalue weighted by molar-refractivity contribution is 9.10. The van der Waals surface area contributed by atoms with Crippen LogP contribution >= 0.6 is 15.9 Å². The summed E-state index contributed by atoms with van der Waals surface area (Å²) in [6.07, 6.45) is 0. The first-order chi connectivity index (χ1) is 24.7. The summed E-state index contributed by atoms with van der Waals surface area (Å²) in [4.78, 5) is 0. The Morgan fingerprint density at radius 1 is 0.420 bits per heavy atom. The molecule has 234 valence electrons. The predicted octanol–water partition coefficient (Wildman–Crippen LogP) is 13.4. The Hall–Kier alpha value is -6.10. The van der Waals surface area contributed by atoms with Crippen molar-refractivity contribution in [2.75, 3.05) is 0 Å². The third-order valence-electron chi connectivity index (χ3n) is 10.3. The summed E-state index contributed by atoms with van der Waals surface area (Å²) >= 11 is 3.78. The molecule has 0 spiro atoms. The van der Waals surface area contributed by atoms with Crippen molar-refractivity contribution in [1.82, 2.24) is 9.13 Å². The van der Waals surface area contributed by atoms with Crippen LogP contribution in [0.4, 0.5) is 0 Å². The van der Waals surface area contributed by atoms with Crippen molar-refractivity contribution in [3.63, 3.8) is 0 Å². The molecule has 0 fully saturated rings. The van der Waals surface area contributed by atoms with E-state index in [-0.39, 0.29) is 0 Å². The molecule has 0 unspecified atom stereocenters. The number of para-hydroxylation sites is 3. The zero-order valence-electron chi connectivity index (χ0n) is 26.8. The van der Waals surface area contributed by atoms with Gasteiger partial charge in [-0.2, -0.15) is 0 Å². The predicted molar refractivity (Wildman–Crippen MR) is 213 cm³/mol. The Balaban J connectivity index is 1.19. The molecule has 3 nitrogen and oxygen atoms in total. The van der Waals surface area contributed by atoms with E-state index in [0.717, 1.165) is 37.6 Å². The SMILES string of the molecule is Brc1ccc(-n2c3ccc(-c4ccc5c(c4)c4ccccc4n5-c4ccccc4)cc3c3cc4ccccc4cc32)c2c1oc1ccccc12. The number of aromatic nitrogens is 2. The molecule has 0 bridgehead atoms. The second-order valence-electron chi connectivity index (χ2n) is 13.1. The summed E-state index contributed by atoms with van der Waals surface area (Å²) < 4.78 is 12.2. The van der Waals surface area contributed by atoms with E-state index < -0.39 is 0 Å². The van der Waals surface area contributed by atoms with E-state index in [1.165, 1.54) is 65.7 Å². The fourth-order valence-electron chi connectivity index (χ4n) is 8.12. The van der Waals surface area contributed by atoms with Gasteiger partial charge in [0.2, 0.25) is 0 Å². The minimum Gasteiger partial charge on any atom is -0.455 e. The molecule has 0 saturated carbocycles. The lowest BCUT2D eigenvalue weighted by Gasteiger charge is -2.11. The summed E-state index contributed by atoms with van der Waals surface area (Å²) in [6, 6.07) is 59.2. The first-order valence-corrected chi connectivity index (χ1v) is 17.7. The number of benzene rings is 8. The van der Waals surface area contributed by atoms with Crippen LogP contribution in [0.3, 0.4) is 0 Å². The molecule has 0 aliphatic heterocycles. The average molecular weight is 704 g/mol. The zero-order valence-corrected chi connectivity index (χ0v) is 28.4. The molecule has 0 N–H and O–H groups in total. The van der Waals surface area contributed by atoms with E-state index in [2.05, 4.69) is 177 Å². The number of fused-ring (bicyclic) bond motifs is 10. The van der Waals surface area contributed by atoms with Crippen LogP contribution in [-0.4, -0.2) is 9.13 Å². The van der Waals surface area contributed by atoms with Gasteiger partial charge in [-0.15, -0.1) is 0 Å². The fourth-order valence-corrected chi connectivity index (χ4v) is 8.53. The van der Waals surface area contributed by atoms with Crippen LogP contribution in [0.15, 0.2) is 173 Å². The quantitative estimate of drug-likeness (QED) is 0.180. The van der Waals surface area contributed by atoms with Crippen LogP contribution in [0.2, 0.25) is 0 Å². The average Bonchev–Trinajstić information content (AvgIpc) is 3.82. The Labute approximate surface area is 295 Å². The molecule has 11 rings (SSSR count). The molecule has 0 atom stereocenters. The summed E-state index contributed by atoms with van der Waals surface area (Å²) in [7, 11) is 0. The highest BCUT2D eigenvalue weighted by Crippen LogP contribution is 2.43. The number of hydrogen-bond acceptors (Lipinski definition) is 1. The molecule has 11 aromatic rings. The summed E-state index contributed by atoms with van der Waals surface area (Å²) in [5.41, 5.74) is 11.2. The van der Waals surface area contributed by atoms with Crippen LogP contribution < -0.4 is 0 Å². The normalized spacial score (nSPS) is 12.1. The first kappa shape index (κ1) is 27.8.